The molecule has 20 heavy (non-hydrogen) atoms. The molecule has 3 rings (SSSR count). The Balaban J connectivity index is 2.09. The quantitative estimate of drug-likeness (QED) is 0.740. The first-order chi connectivity index (χ1) is 9.70. The molecule has 1 aliphatic rings. The Bertz CT molecular complexity index is 642. The molecule has 2 nitrogen and oxygen atoms in total. The zero-order valence-corrected chi connectivity index (χ0v) is 13.4. The summed E-state index contributed by atoms with van der Waals surface area (Å²) in [5.41, 5.74) is 3.29. The number of hydrogen-bond donors (Lipinski definition) is 0. The summed E-state index contributed by atoms with van der Waals surface area (Å²) < 4.78 is 11.2. The maximum absolute atomic E-state index is 6.23. The largest absolute Gasteiger partial charge is 0.496 e. The Labute approximate surface area is 131 Å². The van der Waals surface area contributed by atoms with Gasteiger partial charge in [0.25, 0.3) is 0 Å². The maximum Gasteiger partial charge on any atom is 0.127 e. The van der Waals surface area contributed by atoms with Crippen LogP contribution in [0.15, 0.2) is 36.4 Å². The molecule has 104 valence electrons. The number of para-hydroxylation sites is 1. The molecule has 2 aromatic rings. The summed E-state index contributed by atoms with van der Waals surface area (Å²) in [4.78, 5) is -0.0100. The second-order valence-electron chi connectivity index (χ2n) is 4.69. The fourth-order valence-corrected chi connectivity index (χ4v) is 3.50. The van der Waals surface area contributed by atoms with Crippen molar-refractivity contribution in [1.82, 2.24) is 0 Å². The van der Waals surface area contributed by atoms with Crippen molar-refractivity contribution in [2.24, 2.45) is 0 Å². The van der Waals surface area contributed by atoms with Gasteiger partial charge in [-0.25, -0.2) is 0 Å². The van der Waals surface area contributed by atoms with Crippen LogP contribution in [0.3, 0.4) is 0 Å². The number of benzene rings is 2. The molecule has 0 aromatic heterocycles. The van der Waals surface area contributed by atoms with Crippen LogP contribution in [0.4, 0.5) is 0 Å². The summed E-state index contributed by atoms with van der Waals surface area (Å²) in [5.74, 6) is 1.79. The summed E-state index contributed by atoms with van der Waals surface area (Å²) >= 11 is 9.98. The van der Waals surface area contributed by atoms with E-state index >= 15 is 0 Å². The van der Waals surface area contributed by atoms with Crippen LogP contribution in [-0.2, 0) is 6.42 Å². The molecule has 1 aliphatic heterocycles. The Morgan fingerprint density at radius 1 is 1.25 bits per heavy atom. The van der Waals surface area contributed by atoms with E-state index in [0.717, 1.165) is 34.1 Å². The predicted octanol–water partition coefficient (Wildman–Crippen LogP) is 4.77. The molecular formula is C16H14BrClO2. The Hall–Kier alpha value is -1.19. The molecule has 4 heteroatoms. The molecule has 1 heterocycles. The molecule has 1 atom stereocenters. The second-order valence-corrected chi connectivity index (χ2v) is 6.04. The topological polar surface area (TPSA) is 18.5 Å². The van der Waals surface area contributed by atoms with Crippen LogP contribution in [0.2, 0.25) is 5.02 Å². The monoisotopic (exact) mass is 352 g/mol. The van der Waals surface area contributed by atoms with Gasteiger partial charge in [0.1, 0.15) is 11.5 Å². The lowest BCUT2D eigenvalue weighted by molar-refractivity contribution is 0.353. The van der Waals surface area contributed by atoms with E-state index in [2.05, 4.69) is 15.9 Å². The normalized spacial score (nSPS) is 14.6. The Morgan fingerprint density at radius 3 is 2.85 bits per heavy atom. The average molecular weight is 354 g/mol. The first-order valence-electron chi connectivity index (χ1n) is 6.43. The second kappa shape index (κ2) is 5.66. The lowest BCUT2D eigenvalue weighted by atomic mass is 10.0. The van der Waals surface area contributed by atoms with Crippen molar-refractivity contribution in [2.45, 2.75) is 11.2 Å². The third-order valence-electron chi connectivity index (χ3n) is 3.46. The van der Waals surface area contributed by atoms with Gasteiger partial charge in [-0.15, -0.1) is 0 Å². The number of hydrogen-bond acceptors (Lipinski definition) is 2. The van der Waals surface area contributed by atoms with Crippen LogP contribution in [0, 0.1) is 0 Å². The highest BCUT2D eigenvalue weighted by molar-refractivity contribution is 9.09. The van der Waals surface area contributed by atoms with Crippen LogP contribution in [0.5, 0.6) is 11.5 Å². The summed E-state index contributed by atoms with van der Waals surface area (Å²) in [5, 5.41) is 0.739. The van der Waals surface area contributed by atoms with Gasteiger partial charge in [-0.1, -0.05) is 45.7 Å². The molecule has 0 amide bonds. The molecule has 0 fully saturated rings. The van der Waals surface area contributed by atoms with Crippen molar-refractivity contribution in [3.63, 3.8) is 0 Å². The van der Waals surface area contributed by atoms with Gasteiger partial charge in [-0.2, -0.15) is 0 Å². The fraction of sp³-hybridized carbons (Fsp3) is 0.250. The van der Waals surface area contributed by atoms with E-state index in [1.807, 2.05) is 36.4 Å². The van der Waals surface area contributed by atoms with Crippen molar-refractivity contribution in [2.75, 3.05) is 13.7 Å². The number of halogens is 2. The van der Waals surface area contributed by atoms with E-state index in [1.165, 1.54) is 5.56 Å². The molecule has 0 spiro atoms. The summed E-state index contributed by atoms with van der Waals surface area (Å²) in [6, 6.07) is 11.9. The first-order valence-corrected chi connectivity index (χ1v) is 7.72. The first kappa shape index (κ1) is 13.8. The molecule has 0 saturated carbocycles. The fourth-order valence-electron chi connectivity index (χ4n) is 2.53. The zero-order chi connectivity index (χ0) is 14.1. The third kappa shape index (κ3) is 2.40. The van der Waals surface area contributed by atoms with Gasteiger partial charge in [-0.3, -0.25) is 0 Å². The van der Waals surface area contributed by atoms with Crippen molar-refractivity contribution in [3.8, 4) is 11.5 Å². The van der Waals surface area contributed by atoms with Gasteiger partial charge < -0.3 is 9.47 Å². The van der Waals surface area contributed by atoms with Crippen LogP contribution in [0.1, 0.15) is 21.5 Å². The standard InChI is InChI=1S/C16H14BrClO2/c1-19-14-5-3-2-4-12(14)15(17)13-9-11(18)8-10-6-7-20-16(10)13/h2-5,8-9,15H,6-7H2,1H3. The third-order valence-corrected chi connectivity index (χ3v) is 4.67. The lowest BCUT2D eigenvalue weighted by Gasteiger charge is -2.17. The number of rotatable bonds is 3. The predicted molar refractivity (Wildman–Crippen MR) is 84.4 cm³/mol. The highest BCUT2D eigenvalue weighted by Crippen LogP contribution is 2.44. The van der Waals surface area contributed by atoms with E-state index in [1.54, 1.807) is 7.11 Å². The molecule has 0 saturated heterocycles. The molecular weight excluding hydrogens is 340 g/mol. The summed E-state index contributed by atoms with van der Waals surface area (Å²) in [6.07, 6.45) is 0.911. The van der Waals surface area contributed by atoms with E-state index in [9.17, 15) is 0 Å². The van der Waals surface area contributed by atoms with Crippen LogP contribution in [-0.4, -0.2) is 13.7 Å². The van der Waals surface area contributed by atoms with E-state index < -0.39 is 0 Å². The molecule has 0 N–H and O–H groups in total. The van der Waals surface area contributed by atoms with E-state index in [0.29, 0.717) is 6.61 Å². The van der Waals surface area contributed by atoms with Crippen molar-refractivity contribution in [3.05, 3.63) is 58.1 Å². The maximum atomic E-state index is 6.23. The smallest absolute Gasteiger partial charge is 0.127 e. The van der Waals surface area contributed by atoms with Crippen LogP contribution in [0.25, 0.3) is 0 Å². The minimum Gasteiger partial charge on any atom is -0.496 e. The summed E-state index contributed by atoms with van der Waals surface area (Å²) in [6.45, 7) is 0.717. The van der Waals surface area contributed by atoms with Crippen molar-refractivity contribution in [1.29, 1.82) is 0 Å². The SMILES string of the molecule is COc1ccccc1C(Br)c1cc(Cl)cc2c1OCC2. The molecule has 2 aromatic carbocycles. The Morgan fingerprint density at radius 2 is 2.05 bits per heavy atom. The van der Waals surface area contributed by atoms with Crippen LogP contribution < -0.4 is 9.47 Å². The lowest BCUT2D eigenvalue weighted by Crippen LogP contribution is -1.99. The van der Waals surface area contributed by atoms with E-state index in [4.69, 9.17) is 21.1 Å². The molecule has 0 bridgehead atoms. The van der Waals surface area contributed by atoms with Gasteiger partial charge in [-0.05, 0) is 23.8 Å². The molecule has 0 aliphatic carbocycles. The number of fused-ring (bicyclic) bond motifs is 1. The van der Waals surface area contributed by atoms with Gasteiger partial charge in [0, 0.05) is 22.6 Å². The minimum absolute atomic E-state index is 0.0100. The van der Waals surface area contributed by atoms with Crippen molar-refractivity contribution < 1.29 is 9.47 Å². The number of methoxy groups -OCH3 is 1. The van der Waals surface area contributed by atoms with Gasteiger partial charge in [0.15, 0.2) is 0 Å². The van der Waals surface area contributed by atoms with Gasteiger partial charge in [0.2, 0.25) is 0 Å². The molecule has 0 radical (unpaired) electrons. The number of ether oxygens (including phenoxy) is 2. The van der Waals surface area contributed by atoms with E-state index in [-0.39, 0.29) is 4.83 Å². The highest BCUT2D eigenvalue weighted by Gasteiger charge is 2.24. The summed E-state index contributed by atoms with van der Waals surface area (Å²) in [7, 11) is 1.68. The number of alkyl halides is 1. The molecule has 1 unspecified atom stereocenters. The van der Waals surface area contributed by atoms with Gasteiger partial charge >= 0.3 is 0 Å². The highest BCUT2D eigenvalue weighted by atomic mass is 79.9. The van der Waals surface area contributed by atoms with Crippen molar-refractivity contribution >= 4 is 27.5 Å². The average Bonchev–Trinajstić information content (AvgIpc) is 2.93. The zero-order valence-electron chi connectivity index (χ0n) is 11.0. The van der Waals surface area contributed by atoms with Crippen LogP contribution >= 0.6 is 27.5 Å². The van der Waals surface area contributed by atoms with Gasteiger partial charge in [0.05, 0.1) is 18.5 Å². The minimum atomic E-state index is -0.0100. The Kier molecular flexibility index (Phi) is 3.90.